The van der Waals surface area contributed by atoms with Gasteiger partial charge in [0.25, 0.3) is 0 Å². The van der Waals surface area contributed by atoms with Crippen molar-refractivity contribution in [1.82, 2.24) is 0 Å². The summed E-state index contributed by atoms with van der Waals surface area (Å²) in [4.78, 5) is 0. The first kappa shape index (κ1) is 11.4. The standard InChI is InChI=1S/C15H15NO/c1-11-8-9-14(10-12(11)2)15(16-17)13-6-4-3-5-7-13/h3-10,17H,1-2H3/b16-15+. The lowest BCUT2D eigenvalue weighted by Gasteiger charge is -2.07. The number of benzene rings is 2. The van der Waals surface area contributed by atoms with Crippen LogP contribution in [0.2, 0.25) is 0 Å². The molecule has 0 heterocycles. The van der Waals surface area contributed by atoms with E-state index in [1.807, 2.05) is 48.5 Å². The molecule has 17 heavy (non-hydrogen) atoms. The summed E-state index contributed by atoms with van der Waals surface area (Å²) in [5.74, 6) is 0. The summed E-state index contributed by atoms with van der Waals surface area (Å²) in [7, 11) is 0. The highest BCUT2D eigenvalue weighted by molar-refractivity contribution is 6.12. The summed E-state index contributed by atoms with van der Waals surface area (Å²) in [6.07, 6.45) is 0. The number of hydrogen-bond acceptors (Lipinski definition) is 2. The molecule has 0 aliphatic carbocycles. The lowest BCUT2D eigenvalue weighted by molar-refractivity contribution is 0.319. The Morgan fingerprint density at radius 1 is 0.882 bits per heavy atom. The fraction of sp³-hybridized carbons (Fsp3) is 0.133. The quantitative estimate of drug-likeness (QED) is 0.473. The van der Waals surface area contributed by atoms with Crippen LogP contribution in [0.15, 0.2) is 53.7 Å². The first-order valence-electron chi connectivity index (χ1n) is 5.57. The van der Waals surface area contributed by atoms with Gasteiger partial charge in [-0.2, -0.15) is 0 Å². The number of nitrogens with zero attached hydrogens (tertiary/aromatic N) is 1. The molecule has 1 N–H and O–H groups in total. The zero-order valence-electron chi connectivity index (χ0n) is 10.0. The average molecular weight is 225 g/mol. The zero-order valence-corrected chi connectivity index (χ0v) is 10.0. The van der Waals surface area contributed by atoms with Crippen LogP contribution in [0.25, 0.3) is 0 Å². The van der Waals surface area contributed by atoms with Crippen molar-refractivity contribution in [2.24, 2.45) is 5.16 Å². The lowest BCUT2D eigenvalue weighted by atomic mass is 9.99. The molecule has 0 amide bonds. The van der Waals surface area contributed by atoms with Gasteiger partial charge in [-0.05, 0) is 31.0 Å². The third kappa shape index (κ3) is 2.36. The smallest absolute Gasteiger partial charge is 0.117 e. The third-order valence-electron chi connectivity index (χ3n) is 2.93. The summed E-state index contributed by atoms with van der Waals surface area (Å²) < 4.78 is 0. The average Bonchev–Trinajstić information content (AvgIpc) is 2.36. The molecule has 0 radical (unpaired) electrons. The first-order valence-corrected chi connectivity index (χ1v) is 5.57. The third-order valence-corrected chi connectivity index (χ3v) is 2.93. The number of hydrogen-bond donors (Lipinski definition) is 1. The Morgan fingerprint density at radius 3 is 2.18 bits per heavy atom. The Hall–Kier alpha value is -2.09. The first-order chi connectivity index (χ1) is 8.22. The highest BCUT2D eigenvalue weighted by atomic mass is 16.4. The van der Waals surface area contributed by atoms with Crippen LogP contribution >= 0.6 is 0 Å². The second kappa shape index (κ2) is 4.83. The van der Waals surface area contributed by atoms with E-state index in [0.29, 0.717) is 5.71 Å². The topological polar surface area (TPSA) is 32.6 Å². The second-order valence-corrected chi connectivity index (χ2v) is 4.11. The monoisotopic (exact) mass is 225 g/mol. The Bertz CT molecular complexity index is 544. The van der Waals surface area contributed by atoms with E-state index in [1.165, 1.54) is 11.1 Å². The minimum Gasteiger partial charge on any atom is -0.410 e. The van der Waals surface area contributed by atoms with Gasteiger partial charge in [-0.25, -0.2) is 0 Å². The zero-order chi connectivity index (χ0) is 12.3. The molecule has 0 spiro atoms. The van der Waals surface area contributed by atoms with Crippen molar-refractivity contribution < 1.29 is 5.21 Å². The fourth-order valence-electron chi connectivity index (χ4n) is 1.77. The van der Waals surface area contributed by atoms with E-state index < -0.39 is 0 Å². The molecule has 2 nitrogen and oxygen atoms in total. The van der Waals surface area contributed by atoms with Crippen LogP contribution in [0.5, 0.6) is 0 Å². The van der Waals surface area contributed by atoms with Gasteiger partial charge in [0.2, 0.25) is 0 Å². The minimum absolute atomic E-state index is 0.605. The predicted octanol–water partition coefficient (Wildman–Crippen LogP) is 3.53. The molecule has 0 unspecified atom stereocenters. The van der Waals surface area contributed by atoms with Crippen molar-refractivity contribution in [2.75, 3.05) is 0 Å². The van der Waals surface area contributed by atoms with Crippen molar-refractivity contribution in [3.05, 3.63) is 70.8 Å². The maximum atomic E-state index is 9.18. The van der Waals surface area contributed by atoms with Crippen molar-refractivity contribution in [1.29, 1.82) is 0 Å². The predicted molar refractivity (Wildman–Crippen MR) is 69.8 cm³/mol. The van der Waals surface area contributed by atoms with Crippen LogP contribution < -0.4 is 0 Å². The van der Waals surface area contributed by atoms with Crippen molar-refractivity contribution in [3.63, 3.8) is 0 Å². The van der Waals surface area contributed by atoms with Crippen molar-refractivity contribution in [3.8, 4) is 0 Å². The Kier molecular flexibility index (Phi) is 3.24. The fourth-order valence-corrected chi connectivity index (χ4v) is 1.77. The van der Waals surface area contributed by atoms with Gasteiger partial charge in [-0.15, -0.1) is 0 Å². The Balaban J connectivity index is 2.47. The highest BCUT2D eigenvalue weighted by Crippen LogP contribution is 2.15. The van der Waals surface area contributed by atoms with Gasteiger partial charge in [-0.1, -0.05) is 47.6 Å². The molecule has 0 bridgehead atoms. The van der Waals surface area contributed by atoms with E-state index in [9.17, 15) is 5.21 Å². The van der Waals surface area contributed by atoms with Crippen LogP contribution in [0.1, 0.15) is 22.3 Å². The molecule has 0 aliphatic heterocycles. The van der Waals surface area contributed by atoms with E-state index >= 15 is 0 Å². The van der Waals surface area contributed by atoms with E-state index in [-0.39, 0.29) is 0 Å². The molecule has 0 aromatic heterocycles. The van der Waals surface area contributed by atoms with Gasteiger partial charge in [0.05, 0.1) is 0 Å². The van der Waals surface area contributed by atoms with E-state index in [4.69, 9.17) is 0 Å². The molecule has 0 atom stereocenters. The van der Waals surface area contributed by atoms with E-state index in [0.717, 1.165) is 11.1 Å². The van der Waals surface area contributed by atoms with Gasteiger partial charge in [0, 0.05) is 11.1 Å². The molecule has 86 valence electrons. The highest BCUT2D eigenvalue weighted by Gasteiger charge is 2.07. The molecule has 2 aromatic carbocycles. The maximum absolute atomic E-state index is 9.18. The van der Waals surface area contributed by atoms with Crippen LogP contribution in [-0.4, -0.2) is 10.9 Å². The molecule has 0 saturated carbocycles. The molecule has 0 aliphatic rings. The van der Waals surface area contributed by atoms with Gasteiger partial charge in [0.15, 0.2) is 0 Å². The van der Waals surface area contributed by atoms with Crippen molar-refractivity contribution >= 4 is 5.71 Å². The van der Waals surface area contributed by atoms with Gasteiger partial charge in [-0.3, -0.25) is 0 Å². The van der Waals surface area contributed by atoms with Crippen LogP contribution in [0.3, 0.4) is 0 Å². The lowest BCUT2D eigenvalue weighted by Crippen LogP contribution is -2.03. The Labute approximate surface area is 101 Å². The summed E-state index contributed by atoms with van der Waals surface area (Å²) in [6, 6.07) is 15.7. The Morgan fingerprint density at radius 2 is 1.59 bits per heavy atom. The van der Waals surface area contributed by atoms with Crippen LogP contribution in [-0.2, 0) is 0 Å². The largest absolute Gasteiger partial charge is 0.410 e. The summed E-state index contributed by atoms with van der Waals surface area (Å²) in [5.41, 5.74) is 4.88. The number of oxime groups is 1. The summed E-state index contributed by atoms with van der Waals surface area (Å²) in [5, 5.41) is 12.6. The second-order valence-electron chi connectivity index (χ2n) is 4.11. The van der Waals surface area contributed by atoms with Crippen molar-refractivity contribution in [2.45, 2.75) is 13.8 Å². The molecular weight excluding hydrogens is 210 g/mol. The van der Waals surface area contributed by atoms with Gasteiger partial charge < -0.3 is 5.21 Å². The molecule has 2 aromatic rings. The minimum atomic E-state index is 0.605. The molecule has 2 rings (SSSR count). The molecular formula is C15H15NO. The number of aryl methyl sites for hydroxylation is 2. The molecule has 0 saturated heterocycles. The number of rotatable bonds is 2. The SMILES string of the molecule is Cc1ccc(/C(=N/O)c2ccccc2)cc1C. The van der Waals surface area contributed by atoms with Gasteiger partial charge in [0.1, 0.15) is 5.71 Å². The maximum Gasteiger partial charge on any atom is 0.117 e. The summed E-state index contributed by atoms with van der Waals surface area (Å²) >= 11 is 0. The van der Waals surface area contributed by atoms with Gasteiger partial charge >= 0.3 is 0 Å². The van der Waals surface area contributed by atoms with E-state index in [2.05, 4.69) is 19.0 Å². The summed E-state index contributed by atoms with van der Waals surface area (Å²) in [6.45, 7) is 4.12. The molecule has 0 fully saturated rings. The van der Waals surface area contributed by atoms with E-state index in [1.54, 1.807) is 0 Å². The molecule has 2 heteroatoms. The van der Waals surface area contributed by atoms with Crippen LogP contribution in [0, 0.1) is 13.8 Å². The normalized spacial score (nSPS) is 11.5. The van der Waals surface area contributed by atoms with Crippen LogP contribution in [0.4, 0.5) is 0 Å².